The van der Waals surface area contributed by atoms with Gasteiger partial charge in [-0.05, 0) is 24.1 Å². The van der Waals surface area contributed by atoms with Crippen LogP contribution in [0.3, 0.4) is 0 Å². The molecule has 3 heteroatoms. The van der Waals surface area contributed by atoms with Crippen molar-refractivity contribution in [1.82, 2.24) is 0 Å². The van der Waals surface area contributed by atoms with E-state index in [1.165, 1.54) is 5.56 Å². The minimum atomic E-state index is 0. The molecule has 0 spiro atoms. The zero-order valence-corrected chi connectivity index (χ0v) is 8.11. The third kappa shape index (κ3) is 1.92. The van der Waals surface area contributed by atoms with Crippen LogP contribution in [0.1, 0.15) is 17.9 Å². The summed E-state index contributed by atoms with van der Waals surface area (Å²) >= 11 is 5.82. The summed E-state index contributed by atoms with van der Waals surface area (Å²) in [5, 5.41) is 0.807. The fourth-order valence-electron chi connectivity index (χ4n) is 1.34. The predicted octanol–water partition coefficient (Wildman–Crippen LogP) is 2.58. The summed E-state index contributed by atoms with van der Waals surface area (Å²) in [6.45, 7) is 0. The molecule has 2 atom stereocenters. The molecule has 0 aliphatic heterocycles. The van der Waals surface area contributed by atoms with Crippen molar-refractivity contribution in [2.75, 3.05) is 0 Å². The second kappa shape index (κ2) is 3.65. The molecule has 0 heterocycles. The molecule has 1 aliphatic carbocycles. The summed E-state index contributed by atoms with van der Waals surface area (Å²) in [5.41, 5.74) is 6.99. The van der Waals surface area contributed by atoms with Crippen LogP contribution < -0.4 is 5.73 Å². The van der Waals surface area contributed by atoms with Crippen LogP contribution in [0.4, 0.5) is 0 Å². The molecule has 1 saturated carbocycles. The fraction of sp³-hybridized carbons (Fsp3) is 0.333. The summed E-state index contributed by atoms with van der Waals surface area (Å²) in [4.78, 5) is 0. The van der Waals surface area contributed by atoms with Crippen LogP contribution in [0.25, 0.3) is 0 Å². The molecule has 0 aromatic heterocycles. The lowest BCUT2D eigenvalue weighted by Crippen LogP contribution is -2.00. The Labute approximate surface area is 83.3 Å². The van der Waals surface area contributed by atoms with E-state index in [0.717, 1.165) is 11.4 Å². The van der Waals surface area contributed by atoms with Crippen molar-refractivity contribution in [3.8, 4) is 0 Å². The van der Waals surface area contributed by atoms with Gasteiger partial charge in [-0.3, -0.25) is 0 Å². The summed E-state index contributed by atoms with van der Waals surface area (Å²) in [7, 11) is 0. The van der Waals surface area contributed by atoms with Gasteiger partial charge in [0.1, 0.15) is 0 Å². The zero-order chi connectivity index (χ0) is 7.84. The highest BCUT2D eigenvalue weighted by Crippen LogP contribution is 2.39. The number of hydrogen-bond acceptors (Lipinski definition) is 1. The van der Waals surface area contributed by atoms with Gasteiger partial charge in [0.05, 0.1) is 0 Å². The Bertz CT molecular complexity index is 275. The van der Waals surface area contributed by atoms with Crippen molar-refractivity contribution in [3.05, 3.63) is 34.9 Å². The first kappa shape index (κ1) is 9.85. The molecule has 1 aromatic carbocycles. The zero-order valence-electron chi connectivity index (χ0n) is 6.53. The average molecular weight is 204 g/mol. The highest BCUT2D eigenvalue weighted by atomic mass is 35.5. The Morgan fingerprint density at radius 3 is 2.58 bits per heavy atom. The van der Waals surface area contributed by atoms with E-state index >= 15 is 0 Å². The molecule has 1 nitrogen and oxygen atoms in total. The molecule has 0 amide bonds. The van der Waals surface area contributed by atoms with E-state index in [1.807, 2.05) is 18.2 Å². The molecule has 0 radical (unpaired) electrons. The van der Waals surface area contributed by atoms with E-state index < -0.39 is 0 Å². The number of benzene rings is 1. The quantitative estimate of drug-likeness (QED) is 0.747. The van der Waals surface area contributed by atoms with Crippen LogP contribution in [0, 0.1) is 0 Å². The first-order valence-electron chi connectivity index (χ1n) is 3.78. The van der Waals surface area contributed by atoms with Crippen molar-refractivity contribution in [3.63, 3.8) is 0 Å². The number of rotatable bonds is 1. The Morgan fingerprint density at radius 1 is 1.42 bits per heavy atom. The maximum atomic E-state index is 5.82. The number of nitrogens with two attached hydrogens (primary N) is 1. The van der Waals surface area contributed by atoms with E-state index in [4.69, 9.17) is 17.3 Å². The van der Waals surface area contributed by atoms with Gasteiger partial charge in [-0.2, -0.15) is 0 Å². The highest BCUT2D eigenvalue weighted by molar-refractivity contribution is 6.30. The summed E-state index contributed by atoms with van der Waals surface area (Å²) in [6.07, 6.45) is 1.11. The first-order chi connectivity index (χ1) is 5.27. The van der Waals surface area contributed by atoms with E-state index in [0.29, 0.717) is 12.0 Å². The minimum Gasteiger partial charge on any atom is -0.327 e. The largest absolute Gasteiger partial charge is 0.327 e. The van der Waals surface area contributed by atoms with Crippen LogP contribution in [-0.2, 0) is 0 Å². The Morgan fingerprint density at radius 2 is 2.08 bits per heavy atom. The molecule has 1 aromatic rings. The van der Waals surface area contributed by atoms with Crippen LogP contribution in [0.2, 0.25) is 5.02 Å². The second-order valence-corrected chi connectivity index (χ2v) is 3.50. The van der Waals surface area contributed by atoms with Crippen LogP contribution in [-0.4, -0.2) is 6.04 Å². The van der Waals surface area contributed by atoms with E-state index in [2.05, 4.69) is 6.07 Å². The Kier molecular flexibility index (Phi) is 2.99. The molecular weight excluding hydrogens is 193 g/mol. The topological polar surface area (TPSA) is 26.0 Å². The summed E-state index contributed by atoms with van der Waals surface area (Å²) in [5.74, 6) is 0.564. The predicted molar refractivity (Wildman–Crippen MR) is 54.0 cm³/mol. The molecule has 2 rings (SSSR count). The molecule has 12 heavy (non-hydrogen) atoms. The maximum absolute atomic E-state index is 5.82. The molecule has 2 unspecified atom stereocenters. The van der Waals surface area contributed by atoms with E-state index in [1.54, 1.807) is 0 Å². The number of hydrogen-bond donors (Lipinski definition) is 1. The van der Waals surface area contributed by atoms with Crippen molar-refractivity contribution in [2.24, 2.45) is 5.73 Å². The maximum Gasteiger partial charge on any atom is 0.0408 e. The molecule has 66 valence electrons. The van der Waals surface area contributed by atoms with Gasteiger partial charge in [0, 0.05) is 17.0 Å². The Hall–Kier alpha value is -0.240. The van der Waals surface area contributed by atoms with Gasteiger partial charge in [-0.25, -0.2) is 0 Å². The molecule has 0 saturated heterocycles. The number of halogens is 2. The van der Waals surface area contributed by atoms with Gasteiger partial charge in [-0.1, -0.05) is 23.7 Å². The molecule has 0 bridgehead atoms. The average Bonchev–Trinajstić information content (AvgIpc) is 2.67. The second-order valence-electron chi connectivity index (χ2n) is 3.06. The Balaban J connectivity index is 0.000000720. The van der Waals surface area contributed by atoms with Gasteiger partial charge in [0.2, 0.25) is 0 Å². The summed E-state index contributed by atoms with van der Waals surface area (Å²) in [6, 6.07) is 8.32. The van der Waals surface area contributed by atoms with E-state index in [-0.39, 0.29) is 12.4 Å². The third-order valence-electron chi connectivity index (χ3n) is 2.12. The van der Waals surface area contributed by atoms with Gasteiger partial charge < -0.3 is 5.73 Å². The minimum absolute atomic E-state index is 0. The van der Waals surface area contributed by atoms with Crippen molar-refractivity contribution in [2.45, 2.75) is 18.4 Å². The fourth-order valence-corrected chi connectivity index (χ4v) is 1.53. The SMILES string of the molecule is Cl.NC1CC1c1cccc(Cl)c1. The van der Waals surface area contributed by atoms with Crippen LogP contribution in [0.5, 0.6) is 0 Å². The smallest absolute Gasteiger partial charge is 0.0408 e. The van der Waals surface area contributed by atoms with Crippen LogP contribution in [0.15, 0.2) is 24.3 Å². The lowest BCUT2D eigenvalue weighted by Gasteiger charge is -1.97. The van der Waals surface area contributed by atoms with Crippen molar-refractivity contribution < 1.29 is 0 Å². The lowest BCUT2D eigenvalue weighted by atomic mass is 10.1. The molecule has 1 fully saturated rings. The first-order valence-corrected chi connectivity index (χ1v) is 4.16. The third-order valence-corrected chi connectivity index (χ3v) is 2.35. The molecule has 1 aliphatic rings. The van der Waals surface area contributed by atoms with Gasteiger partial charge in [-0.15, -0.1) is 12.4 Å². The molecular formula is C9H11Cl2N. The monoisotopic (exact) mass is 203 g/mol. The molecule has 2 N–H and O–H groups in total. The summed E-state index contributed by atoms with van der Waals surface area (Å²) < 4.78 is 0. The van der Waals surface area contributed by atoms with Crippen LogP contribution >= 0.6 is 24.0 Å². The van der Waals surface area contributed by atoms with E-state index in [9.17, 15) is 0 Å². The highest BCUT2D eigenvalue weighted by Gasteiger charge is 2.34. The lowest BCUT2D eigenvalue weighted by molar-refractivity contribution is 0.991. The van der Waals surface area contributed by atoms with Crippen molar-refractivity contribution in [1.29, 1.82) is 0 Å². The van der Waals surface area contributed by atoms with Gasteiger partial charge in [0.15, 0.2) is 0 Å². The van der Waals surface area contributed by atoms with Gasteiger partial charge in [0.25, 0.3) is 0 Å². The normalized spacial score (nSPS) is 26.2. The standard InChI is InChI=1S/C9H10ClN.ClH/c10-7-3-1-2-6(4-7)8-5-9(8)11;/h1-4,8-9H,5,11H2;1H. The van der Waals surface area contributed by atoms with Crippen molar-refractivity contribution >= 4 is 24.0 Å². The van der Waals surface area contributed by atoms with Gasteiger partial charge >= 0.3 is 0 Å².